The summed E-state index contributed by atoms with van der Waals surface area (Å²) in [4.78, 5) is 12.3. The van der Waals surface area contributed by atoms with Crippen LogP contribution in [0.15, 0.2) is 18.2 Å². The van der Waals surface area contributed by atoms with E-state index in [2.05, 4.69) is 10.6 Å². The number of carbonyl (C=O) groups is 1. The Bertz CT molecular complexity index is 485. The molecule has 1 aromatic rings. The minimum absolute atomic E-state index is 0.123. The molecule has 110 valence electrons. The normalized spacial score (nSPS) is 17.8. The van der Waals surface area contributed by atoms with Crippen molar-refractivity contribution in [1.29, 1.82) is 0 Å². The van der Waals surface area contributed by atoms with Gasteiger partial charge in [-0.3, -0.25) is 4.79 Å². The molecule has 0 aromatic heterocycles. The quantitative estimate of drug-likeness (QED) is 0.879. The topological polar surface area (TPSA) is 50.4 Å². The van der Waals surface area contributed by atoms with Crippen molar-refractivity contribution in [1.82, 2.24) is 10.6 Å². The Kier molecular flexibility index (Phi) is 4.73. The summed E-state index contributed by atoms with van der Waals surface area (Å²) in [6.45, 7) is 3.56. The average Bonchev–Trinajstić information content (AvgIpc) is 2.48. The summed E-state index contributed by atoms with van der Waals surface area (Å²) in [5.41, 5.74) is 0.600. The molecule has 1 heterocycles. The van der Waals surface area contributed by atoms with E-state index in [-0.39, 0.29) is 11.7 Å². The monoisotopic (exact) mass is 280 g/mol. The van der Waals surface area contributed by atoms with E-state index in [4.69, 9.17) is 4.74 Å². The first kappa shape index (κ1) is 14.9. The number of halogens is 1. The number of benzene rings is 1. The molecule has 1 aliphatic heterocycles. The molecular formula is C15H21FN2O2. The second-order valence-electron chi connectivity index (χ2n) is 5.21. The lowest BCUT2D eigenvalue weighted by Gasteiger charge is -2.34. The molecule has 0 aliphatic carbocycles. The summed E-state index contributed by atoms with van der Waals surface area (Å²) in [5, 5.41) is 6.06. The third-order valence-corrected chi connectivity index (χ3v) is 3.91. The van der Waals surface area contributed by atoms with Crippen LogP contribution in [0.5, 0.6) is 0 Å². The predicted octanol–water partition coefficient (Wildman–Crippen LogP) is 1.52. The number of piperidine rings is 1. The molecule has 20 heavy (non-hydrogen) atoms. The van der Waals surface area contributed by atoms with Crippen LogP contribution in [0, 0.1) is 12.7 Å². The zero-order chi connectivity index (χ0) is 14.6. The Morgan fingerprint density at radius 3 is 2.75 bits per heavy atom. The second kappa shape index (κ2) is 6.33. The molecular weight excluding hydrogens is 259 g/mol. The summed E-state index contributed by atoms with van der Waals surface area (Å²) in [6, 6.07) is 4.99. The van der Waals surface area contributed by atoms with Gasteiger partial charge in [0, 0.05) is 13.7 Å². The van der Waals surface area contributed by atoms with Gasteiger partial charge in [0.05, 0.1) is 0 Å². The van der Waals surface area contributed by atoms with Gasteiger partial charge >= 0.3 is 0 Å². The average molecular weight is 280 g/mol. The smallest absolute Gasteiger partial charge is 0.252 e. The van der Waals surface area contributed by atoms with Gasteiger partial charge in [0.15, 0.2) is 0 Å². The van der Waals surface area contributed by atoms with E-state index in [1.165, 1.54) is 6.07 Å². The summed E-state index contributed by atoms with van der Waals surface area (Å²) in [6.07, 6.45) is 1.30. The molecule has 2 N–H and O–H groups in total. The van der Waals surface area contributed by atoms with Gasteiger partial charge in [-0.05, 0) is 50.0 Å². The summed E-state index contributed by atoms with van der Waals surface area (Å²) in [7, 11) is 1.57. The summed E-state index contributed by atoms with van der Waals surface area (Å²) >= 11 is 0. The van der Waals surface area contributed by atoms with Gasteiger partial charge < -0.3 is 15.4 Å². The molecule has 0 atom stereocenters. The highest BCUT2D eigenvalue weighted by atomic mass is 19.1. The number of ether oxygens (including phenoxy) is 1. The van der Waals surface area contributed by atoms with Crippen molar-refractivity contribution >= 4 is 5.91 Å². The zero-order valence-corrected chi connectivity index (χ0v) is 12.0. The first-order valence-corrected chi connectivity index (χ1v) is 6.86. The van der Waals surface area contributed by atoms with Gasteiger partial charge in [0.2, 0.25) is 0 Å². The number of aryl methyl sites for hydroxylation is 1. The van der Waals surface area contributed by atoms with Crippen molar-refractivity contribution in [2.75, 3.05) is 20.2 Å². The van der Waals surface area contributed by atoms with Crippen LogP contribution in [0.25, 0.3) is 0 Å². The number of amides is 1. The highest BCUT2D eigenvalue weighted by Crippen LogP contribution is 2.22. The van der Waals surface area contributed by atoms with Crippen LogP contribution >= 0.6 is 0 Å². The number of hydrogen-bond acceptors (Lipinski definition) is 3. The van der Waals surface area contributed by atoms with Crippen LogP contribution < -0.4 is 10.6 Å². The molecule has 0 radical (unpaired) electrons. The van der Waals surface area contributed by atoms with E-state index < -0.39 is 5.60 Å². The molecule has 0 unspecified atom stereocenters. The molecule has 4 nitrogen and oxygen atoms in total. The third kappa shape index (κ3) is 3.16. The lowest BCUT2D eigenvalue weighted by atomic mass is 9.91. The maximum absolute atomic E-state index is 13.5. The van der Waals surface area contributed by atoms with Crippen LogP contribution in [0.3, 0.4) is 0 Å². The van der Waals surface area contributed by atoms with E-state index in [0.717, 1.165) is 18.7 Å². The molecule has 1 aromatic carbocycles. The predicted molar refractivity (Wildman–Crippen MR) is 74.8 cm³/mol. The van der Waals surface area contributed by atoms with Gasteiger partial charge in [-0.25, -0.2) is 4.39 Å². The summed E-state index contributed by atoms with van der Waals surface area (Å²) < 4.78 is 18.9. The number of nitrogens with one attached hydrogen (secondary N) is 2. The van der Waals surface area contributed by atoms with E-state index in [9.17, 15) is 9.18 Å². The SMILES string of the molecule is COC1(C(=O)NCc2ccc(C)c(F)c2)CCNCC1. The maximum atomic E-state index is 13.5. The third-order valence-electron chi connectivity index (χ3n) is 3.91. The van der Waals surface area contributed by atoms with Gasteiger partial charge in [-0.2, -0.15) is 0 Å². The molecule has 0 spiro atoms. The van der Waals surface area contributed by atoms with Crippen LogP contribution in [0.1, 0.15) is 24.0 Å². The van der Waals surface area contributed by atoms with Crippen molar-refractivity contribution in [2.24, 2.45) is 0 Å². The number of hydrogen-bond donors (Lipinski definition) is 2. The van der Waals surface area contributed by atoms with Crippen LogP contribution in [0.2, 0.25) is 0 Å². The Morgan fingerprint density at radius 2 is 2.15 bits per heavy atom. The van der Waals surface area contributed by atoms with Crippen molar-refractivity contribution in [2.45, 2.75) is 31.9 Å². The Labute approximate surface area is 118 Å². The van der Waals surface area contributed by atoms with Crippen molar-refractivity contribution in [3.05, 3.63) is 35.1 Å². The van der Waals surface area contributed by atoms with Crippen molar-refractivity contribution in [3.63, 3.8) is 0 Å². The van der Waals surface area contributed by atoms with E-state index in [1.807, 2.05) is 6.07 Å². The largest absolute Gasteiger partial charge is 0.368 e. The Balaban J connectivity index is 1.98. The first-order valence-electron chi connectivity index (χ1n) is 6.86. The molecule has 1 amide bonds. The Morgan fingerprint density at radius 1 is 1.45 bits per heavy atom. The van der Waals surface area contributed by atoms with Gasteiger partial charge in [-0.15, -0.1) is 0 Å². The number of carbonyl (C=O) groups excluding carboxylic acids is 1. The molecule has 5 heteroatoms. The summed E-state index contributed by atoms with van der Waals surface area (Å²) in [5.74, 6) is -0.373. The fourth-order valence-electron chi connectivity index (χ4n) is 2.44. The van der Waals surface area contributed by atoms with Gasteiger partial charge in [0.1, 0.15) is 11.4 Å². The van der Waals surface area contributed by atoms with E-state index >= 15 is 0 Å². The number of rotatable bonds is 4. The maximum Gasteiger partial charge on any atom is 0.252 e. The van der Waals surface area contributed by atoms with Gasteiger partial charge in [-0.1, -0.05) is 12.1 Å². The molecule has 1 saturated heterocycles. The van der Waals surface area contributed by atoms with E-state index in [1.54, 1.807) is 20.1 Å². The van der Waals surface area contributed by atoms with Crippen LogP contribution in [-0.4, -0.2) is 31.7 Å². The fourth-order valence-corrected chi connectivity index (χ4v) is 2.44. The molecule has 0 bridgehead atoms. The Hall–Kier alpha value is -1.46. The van der Waals surface area contributed by atoms with Crippen LogP contribution in [0.4, 0.5) is 4.39 Å². The minimum Gasteiger partial charge on any atom is -0.368 e. The fraction of sp³-hybridized carbons (Fsp3) is 0.533. The highest BCUT2D eigenvalue weighted by molar-refractivity contribution is 5.85. The van der Waals surface area contributed by atoms with Crippen LogP contribution in [-0.2, 0) is 16.1 Å². The standard InChI is InChI=1S/C15H21FN2O2/c1-11-3-4-12(9-13(11)16)10-18-14(19)15(20-2)5-7-17-8-6-15/h3-4,9,17H,5-8,10H2,1-2H3,(H,18,19). The molecule has 1 aliphatic rings. The minimum atomic E-state index is -0.755. The lowest BCUT2D eigenvalue weighted by Crippen LogP contribution is -2.53. The van der Waals surface area contributed by atoms with Crippen molar-refractivity contribution in [3.8, 4) is 0 Å². The highest BCUT2D eigenvalue weighted by Gasteiger charge is 2.39. The van der Waals surface area contributed by atoms with E-state index in [0.29, 0.717) is 24.9 Å². The first-order chi connectivity index (χ1) is 9.57. The molecule has 1 fully saturated rings. The number of methoxy groups -OCH3 is 1. The lowest BCUT2D eigenvalue weighted by molar-refractivity contribution is -0.146. The van der Waals surface area contributed by atoms with Gasteiger partial charge in [0.25, 0.3) is 5.91 Å². The zero-order valence-electron chi connectivity index (χ0n) is 12.0. The molecule has 0 saturated carbocycles. The second-order valence-corrected chi connectivity index (χ2v) is 5.21. The van der Waals surface area contributed by atoms with Crippen molar-refractivity contribution < 1.29 is 13.9 Å². The molecule has 2 rings (SSSR count).